The molecule has 1 amide bonds. The first-order valence-corrected chi connectivity index (χ1v) is 7.79. The SMILES string of the molecule is O=C(CNCc1csc(-c2ccc(F)cc2)n1)NC1CC1. The molecule has 0 unspecified atom stereocenters. The van der Waals surface area contributed by atoms with Crippen LogP contribution < -0.4 is 10.6 Å². The highest BCUT2D eigenvalue weighted by Gasteiger charge is 2.22. The molecule has 1 saturated carbocycles. The second kappa shape index (κ2) is 6.32. The fraction of sp³-hybridized carbons (Fsp3) is 0.333. The number of hydrogen-bond donors (Lipinski definition) is 2. The van der Waals surface area contributed by atoms with Crippen LogP contribution in [-0.4, -0.2) is 23.5 Å². The summed E-state index contributed by atoms with van der Waals surface area (Å²) in [5, 5.41) is 8.81. The Morgan fingerprint density at radius 1 is 1.33 bits per heavy atom. The van der Waals surface area contributed by atoms with Crippen molar-refractivity contribution in [2.45, 2.75) is 25.4 Å². The quantitative estimate of drug-likeness (QED) is 0.861. The molecule has 3 rings (SSSR count). The monoisotopic (exact) mass is 305 g/mol. The molecule has 0 saturated heterocycles. The van der Waals surface area contributed by atoms with Gasteiger partial charge in [0, 0.05) is 23.5 Å². The van der Waals surface area contributed by atoms with Gasteiger partial charge < -0.3 is 10.6 Å². The van der Waals surface area contributed by atoms with E-state index < -0.39 is 0 Å². The third-order valence-electron chi connectivity index (χ3n) is 3.18. The van der Waals surface area contributed by atoms with Gasteiger partial charge >= 0.3 is 0 Å². The summed E-state index contributed by atoms with van der Waals surface area (Å²) in [6, 6.07) is 6.68. The molecule has 0 aliphatic heterocycles. The van der Waals surface area contributed by atoms with Gasteiger partial charge in [0.25, 0.3) is 0 Å². The average molecular weight is 305 g/mol. The number of rotatable bonds is 6. The van der Waals surface area contributed by atoms with Crippen molar-refractivity contribution in [3.8, 4) is 10.6 Å². The van der Waals surface area contributed by atoms with Crippen LogP contribution in [0.15, 0.2) is 29.6 Å². The first-order valence-electron chi connectivity index (χ1n) is 6.91. The molecule has 2 aromatic rings. The van der Waals surface area contributed by atoms with E-state index in [1.165, 1.54) is 23.5 Å². The van der Waals surface area contributed by atoms with Crippen molar-refractivity contribution in [3.05, 3.63) is 41.2 Å². The first-order chi connectivity index (χ1) is 10.2. The zero-order chi connectivity index (χ0) is 14.7. The van der Waals surface area contributed by atoms with Crippen LogP contribution in [0.25, 0.3) is 10.6 Å². The second-order valence-corrected chi connectivity index (χ2v) is 5.95. The van der Waals surface area contributed by atoms with E-state index in [9.17, 15) is 9.18 Å². The van der Waals surface area contributed by atoms with E-state index in [2.05, 4.69) is 15.6 Å². The van der Waals surface area contributed by atoms with Crippen molar-refractivity contribution < 1.29 is 9.18 Å². The Morgan fingerprint density at radius 2 is 2.10 bits per heavy atom. The van der Waals surface area contributed by atoms with E-state index in [0.29, 0.717) is 19.1 Å². The van der Waals surface area contributed by atoms with Crippen molar-refractivity contribution >= 4 is 17.2 Å². The molecular weight excluding hydrogens is 289 g/mol. The lowest BCUT2D eigenvalue weighted by Gasteiger charge is -2.03. The van der Waals surface area contributed by atoms with Gasteiger partial charge in [0.05, 0.1) is 12.2 Å². The molecule has 0 radical (unpaired) electrons. The number of aromatic nitrogens is 1. The number of carbonyl (C=O) groups is 1. The van der Waals surface area contributed by atoms with E-state index >= 15 is 0 Å². The molecule has 0 spiro atoms. The van der Waals surface area contributed by atoms with Gasteiger partial charge in [0.2, 0.25) is 5.91 Å². The highest BCUT2D eigenvalue weighted by molar-refractivity contribution is 7.13. The van der Waals surface area contributed by atoms with Crippen LogP contribution in [0.5, 0.6) is 0 Å². The highest BCUT2D eigenvalue weighted by atomic mass is 32.1. The summed E-state index contributed by atoms with van der Waals surface area (Å²) in [5.41, 5.74) is 1.79. The molecule has 6 heteroatoms. The van der Waals surface area contributed by atoms with Crippen LogP contribution in [0.4, 0.5) is 4.39 Å². The number of halogens is 1. The molecule has 1 aromatic carbocycles. The van der Waals surface area contributed by atoms with Gasteiger partial charge in [-0.3, -0.25) is 4.79 Å². The number of benzene rings is 1. The smallest absolute Gasteiger partial charge is 0.234 e. The summed E-state index contributed by atoms with van der Waals surface area (Å²) in [6.45, 7) is 0.857. The van der Waals surface area contributed by atoms with E-state index in [0.717, 1.165) is 29.1 Å². The maximum absolute atomic E-state index is 12.9. The normalized spacial score (nSPS) is 14.1. The number of carbonyl (C=O) groups excluding carboxylic acids is 1. The van der Waals surface area contributed by atoms with E-state index in [1.807, 2.05) is 5.38 Å². The molecule has 1 aromatic heterocycles. The first kappa shape index (κ1) is 14.2. The molecule has 4 nitrogen and oxygen atoms in total. The van der Waals surface area contributed by atoms with Gasteiger partial charge in [-0.2, -0.15) is 0 Å². The lowest BCUT2D eigenvalue weighted by atomic mass is 10.2. The van der Waals surface area contributed by atoms with Crippen LogP contribution in [0.3, 0.4) is 0 Å². The lowest BCUT2D eigenvalue weighted by Crippen LogP contribution is -2.34. The minimum absolute atomic E-state index is 0.0338. The fourth-order valence-corrected chi connectivity index (χ4v) is 2.75. The summed E-state index contributed by atoms with van der Waals surface area (Å²) in [5.74, 6) is -0.217. The summed E-state index contributed by atoms with van der Waals surface area (Å²) in [7, 11) is 0. The maximum atomic E-state index is 12.9. The van der Waals surface area contributed by atoms with Crippen LogP contribution in [-0.2, 0) is 11.3 Å². The number of thiazole rings is 1. The Morgan fingerprint density at radius 3 is 2.81 bits per heavy atom. The Labute approximate surface area is 126 Å². The van der Waals surface area contributed by atoms with Gasteiger partial charge in [0.1, 0.15) is 10.8 Å². The second-order valence-electron chi connectivity index (χ2n) is 5.10. The molecule has 1 fully saturated rings. The summed E-state index contributed by atoms with van der Waals surface area (Å²) in [4.78, 5) is 16.0. The van der Waals surface area contributed by atoms with Crippen molar-refractivity contribution in [2.24, 2.45) is 0 Å². The van der Waals surface area contributed by atoms with Gasteiger partial charge in [0.15, 0.2) is 0 Å². The third kappa shape index (κ3) is 4.09. The predicted molar refractivity (Wildman–Crippen MR) is 80.4 cm³/mol. The zero-order valence-corrected chi connectivity index (χ0v) is 12.3. The Balaban J connectivity index is 1.50. The molecule has 21 heavy (non-hydrogen) atoms. The van der Waals surface area contributed by atoms with Crippen molar-refractivity contribution in [1.29, 1.82) is 0 Å². The standard InChI is InChI=1S/C15H16FN3OS/c16-11-3-1-10(2-4-11)15-19-13(9-21-15)7-17-8-14(20)18-12-5-6-12/h1-4,9,12,17H,5-8H2,(H,18,20). The van der Waals surface area contributed by atoms with Crippen LogP contribution in [0.1, 0.15) is 18.5 Å². The molecule has 0 bridgehead atoms. The minimum Gasteiger partial charge on any atom is -0.352 e. The van der Waals surface area contributed by atoms with Gasteiger partial charge in [-0.05, 0) is 37.1 Å². The summed E-state index contributed by atoms with van der Waals surface area (Å²) >= 11 is 1.51. The number of nitrogens with one attached hydrogen (secondary N) is 2. The molecule has 110 valence electrons. The maximum Gasteiger partial charge on any atom is 0.234 e. The zero-order valence-electron chi connectivity index (χ0n) is 11.4. The van der Waals surface area contributed by atoms with Crippen molar-refractivity contribution in [2.75, 3.05) is 6.54 Å². The molecule has 1 aliphatic rings. The Kier molecular flexibility index (Phi) is 4.26. The van der Waals surface area contributed by atoms with Crippen molar-refractivity contribution in [1.82, 2.24) is 15.6 Å². The average Bonchev–Trinajstić information content (AvgIpc) is 3.15. The van der Waals surface area contributed by atoms with E-state index in [1.54, 1.807) is 12.1 Å². The minimum atomic E-state index is -0.251. The molecule has 1 heterocycles. The Bertz CT molecular complexity index is 622. The van der Waals surface area contributed by atoms with Crippen LogP contribution in [0.2, 0.25) is 0 Å². The lowest BCUT2D eigenvalue weighted by molar-refractivity contribution is -0.120. The molecular formula is C15H16FN3OS. The fourth-order valence-electron chi connectivity index (χ4n) is 1.92. The molecule has 1 aliphatic carbocycles. The number of amides is 1. The Hall–Kier alpha value is -1.79. The van der Waals surface area contributed by atoms with Crippen LogP contribution >= 0.6 is 11.3 Å². The topological polar surface area (TPSA) is 54.0 Å². The van der Waals surface area contributed by atoms with Crippen LogP contribution in [0, 0.1) is 5.82 Å². The van der Waals surface area contributed by atoms with Gasteiger partial charge in [-0.15, -0.1) is 11.3 Å². The number of hydrogen-bond acceptors (Lipinski definition) is 4. The third-order valence-corrected chi connectivity index (χ3v) is 4.12. The van der Waals surface area contributed by atoms with E-state index in [4.69, 9.17) is 0 Å². The molecule has 2 N–H and O–H groups in total. The molecule has 0 atom stereocenters. The predicted octanol–water partition coefficient (Wildman–Crippen LogP) is 2.32. The highest BCUT2D eigenvalue weighted by Crippen LogP contribution is 2.23. The largest absolute Gasteiger partial charge is 0.352 e. The van der Waals surface area contributed by atoms with Crippen molar-refractivity contribution in [3.63, 3.8) is 0 Å². The van der Waals surface area contributed by atoms with Gasteiger partial charge in [-0.1, -0.05) is 0 Å². The summed E-state index contributed by atoms with van der Waals surface area (Å²) in [6.07, 6.45) is 2.19. The van der Waals surface area contributed by atoms with E-state index in [-0.39, 0.29) is 11.7 Å². The van der Waals surface area contributed by atoms with Gasteiger partial charge in [-0.25, -0.2) is 9.37 Å². The summed E-state index contributed by atoms with van der Waals surface area (Å²) < 4.78 is 12.9. The number of nitrogens with zero attached hydrogens (tertiary/aromatic N) is 1.